The van der Waals surface area contributed by atoms with E-state index in [0.717, 1.165) is 26.1 Å². The van der Waals surface area contributed by atoms with Gasteiger partial charge in [0.2, 0.25) is 5.95 Å². The standard InChI is InChI=1S/C12H21N5S/c1-4-7-17(9-8-16(2)3)12-14-6-5-10(15-12)11(13)18/h5-6H,4,7-9H2,1-3H3,(H2,13,18). The quantitative estimate of drug-likeness (QED) is 0.740. The van der Waals surface area contributed by atoms with Crippen LogP contribution in [-0.2, 0) is 0 Å². The van der Waals surface area contributed by atoms with Gasteiger partial charge in [0.1, 0.15) is 10.7 Å². The maximum Gasteiger partial charge on any atom is 0.225 e. The number of aromatic nitrogens is 2. The summed E-state index contributed by atoms with van der Waals surface area (Å²) in [5.74, 6) is 0.698. The number of anilines is 1. The minimum atomic E-state index is 0.308. The fourth-order valence-corrected chi connectivity index (χ4v) is 1.65. The van der Waals surface area contributed by atoms with Crippen molar-refractivity contribution in [1.29, 1.82) is 0 Å². The molecule has 0 unspecified atom stereocenters. The second kappa shape index (κ2) is 7.23. The summed E-state index contributed by atoms with van der Waals surface area (Å²) in [7, 11) is 4.10. The summed E-state index contributed by atoms with van der Waals surface area (Å²) in [6, 6.07) is 1.74. The van der Waals surface area contributed by atoms with Crippen LogP contribution >= 0.6 is 12.2 Å². The molecule has 2 N–H and O–H groups in total. The van der Waals surface area contributed by atoms with Crippen LogP contribution in [0.4, 0.5) is 5.95 Å². The monoisotopic (exact) mass is 267 g/mol. The van der Waals surface area contributed by atoms with Gasteiger partial charge in [-0.3, -0.25) is 0 Å². The normalized spacial score (nSPS) is 10.7. The Morgan fingerprint density at radius 2 is 2.06 bits per heavy atom. The highest BCUT2D eigenvalue weighted by molar-refractivity contribution is 7.80. The van der Waals surface area contributed by atoms with Crippen molar-refractivity contribution in [3.05, 3.63) is 18.0 Å². The first-order valence-electron chi connectivity index (χ1n) is 6.07. The Bertz CT molecular complexity index is 394. The van der Waals surface area contributed by atoms with Crippen molar-refractivity contribution in [3.63, 3.8) is 0 Å². The minimum Gasteiger partial charge on any atom is -0.388 e. The molecule has 0 aliphatic rings. The second-order valence-electron chi connectivity index (χ2n) is 4.40. The van der Waals surface area contributed by atoms with Crippen molar-refractivity contribution >= 4 is 23.2 Å². The molecule has 0 aliphatic heterocycles. The van der Waals surface area contributed by atoms with Gasteiger partial charge in [-0.1, -0.05) is 19.1 Å². The lowest BCUT2D eigenvalue weighted by atomic mass is 10.4. The highest BCUT2D eigenvalue weighted by atomic mass is 32.1. The molecule has 0 aliphatic carbocycles. The van der Waals surface area contributed by atoms with Crippen molar-refractivity contribution in [1.82, 2.24) is 14.9 Å². The van der Waals surface area contributed by atoms with Crippen LogP contribution < -0.4 is 10.6 Å². The van der Waals surface area contributed by atoms with Gasteiger partial charge in [-0.25, -0.2) is 9.97 Å². The molecular formula is C12H21N5S. The zero-order chi connectivity index (χ0) is 13.5. The van der Waals surface area contributed by atoms with E-state index < -0.39 is 0 Å². The molecule has 6 heteroatoms. The summed E-state index contributed by atoms with van der Waals surface area (Å²) in [5, 5.41) is 0. The molecule has 1 rings (SSSR count). The first-order chi connectivity index (χ1) is 8.54. The summed E-state index contributed by atoms with van der Waals surface area (Å²) in [4.78, 5) is 13.3. The number of rotatable bonds is 7. The van der Waals surface area contributed by atoms with E-state index in [1.54, 1.807) is 12.3 Å². The number of hydrogen-bond donors (Lipinski definition) is 1. The first-order valence-corrected chi connectivity index (χ1v) is 6.48. The van der Waals surface area contributed by atoms with Gasteiger partial charge in [0, 0.05) is 25.8 Å². The number of hydrogen-bond acceptors (Lipinski definition) is 5. The third-order valence-corrected chi connectivity index (χ3v) is 2.70. The van der Waals surface area contributed by atoms with E-state index in [2.05, 4.69) is 40.8 Å². The zero-order valence-electron chi connectivity index (χ0n) is 11.3. The van der Waals surface area contributed by atoms with Crippen LogP contribution in [0.5, 0.6) is 0 Å². The number of thiocarbonyl (C=S) groups is 1. The molecule has 0 amide bonds. The highest BCUT2D eigenvalue weighted by Crippen LogP contribution is 2.08. The van der Waals surface area contributed by atoms with E-state index in [0.29, 0.717) is 16.6 Å². The average Bonchev–Trinajstić information content (AvgIpc) is 2.34. The minimum absolute atomic E-state index is 0.308. The average molecular weight is 267 g/mol. The van der Waals surface area contributed by atoms with Crippen LogP contribution in [0.2, 0.25) is 0 Å². The second-order valence-corrected chi connectivity index (χ2v) is 4.84. The van der Waals surface area contributed by atoms with E-state index in [9.17, 15) is 0 Å². The predicted molar refractivity (Wildman–Crippen MR) is 79.0 cm³/mol. The Morgan fingerprint density at radius 1 is 1.33 bits per heavy atom. The van der Waals surface area contributed by atoms with E-state index in [-0.39, 0.29) is 0 Å². The van der Waals surface area contributed by atoms with Crippen molar-refractivity contribution in [2.24, 2.45) is 5.73 Å². The van der Waals surface area contributed by atoms with Crippen LogP contribution in [0.3, 0.4) is 0 Å². The number of nitrogens with zero attached hydrogens (tertiary/aromatic N) is 4. The molecule has 5 nitrogen and oxygen atoms in total. The number of likely N-dealkylation sites (N-methyl/N-ethyl adjacent to an activating group) is 1. The van der Waals surface area contributed by atoms with E-state index >= 15 is 0 Å². The molecule has 0 radical (unpaired) electrons. The predicted octanol–water partition coefficient (Wildman–Crippen LogP) is 0.889. The summed E-state index contributed by atoms with van der Waals surface area (Å²) in [6.45, 7) is 4.91. The topological polar surface area (TPSA) is 58.3 Å². The smallest absolute Gasteiger partial charge is 0.225 e. The molecule has 0 fully saturated rings. The third kappa shape index (κ3) is 4.54. The fourth-order valence-electron chi connectivity index (χ4n) is 1.54. The molecule has 0 atom stereocenters. The maximum atomic E-state index is 5.59. The molecule has 1 aromatic rings. The Morgan fingerprint density at radius 3 is 2.61 bits per heavy atom. The fraction of sp³-hybridized carbons (Fsp3) is 0.583. The number of nitrogens with two attached hydrogens (primary N) is 1. The molecule has 18 heavy (non-hydrogen) atoms. The summed E-state index contributed by atoms with van der Waals surface area (Å²) in [5.41, 5.74) is 6.22. The van der Waals surface area contributed by atoms with Gasteiger partial charge in [0.05, 0.1) is 0 Å². The molecule has 0 aromatic carbocycles. The van der Waals surface area contributed by atoms with Crippen LogP contribution in [0.25, 0.3) is 0 Å². The van der Waals surface area contributed by atoms with Crippen molar-refractivity contribution in [2.75, 3.05) is 38.6 Å². The highest BCUT2D eigenvalue weighted by Gasteiger charge is 2.10. The van der Waals surface area contributed by atoms with Gasteiger partial charge in [-0.15, -0.1) is 0 Å². The van der Waals surface area contributed by atoms with Crippen molar-refractivity contribution < 1.29 is 0 Å². The molecule has 1 aromatic heterocycles. The van der Waals surface area contributed by atoms with Crippen molar-refractivity contribution in [2.45, 2.75) is 13.3 Å². The van der Waals surface area contributed by atoms with Gasteiger partial charge in [0.25, 0.3) is 0 Å². The SMILES string of the molecule is CCCN(CCN(C)C)c1nccc(C(N)=S)n1. The zero-order valence-corrected chi connectivity index (χ0v) is 12.1. The Hall–Kier alpha value is -1.27. The lowest BCUT2D eigenvalue weighted by Gasteiger charge is -2.24. The molecule has 0 saturated heterocycles. The van der Waals surface area contributed by atoms with Crippen LogP contribution in [0, 0.1) is 0 Å². The molecule has 0 spiro atoms. The van der Waals surface area contributed by atoms with E-state index in [1.807, 2.05) is 0 Å². The van der Waals surface area contributed by atoms with Crippen LogP contribution in [-0.4, -0.2) is 53.6 Å². The third-order valence-electron chi connectivity index (χ3n) is 2.49. The van der Waals surface area contributed by atoms with Crippen LogP contribution in [0.1, 0.15) is 19.0 Å². The van der Waals surface area contributed by atoms with Crippen LogP contribution in [0.15, 0.2) is 12.3 Å². The largest absolute Gasteiger partial charge is 0.388 e. The summed E-state index contributed by atoms with van der Waals surface area (Å²) in [6.07, 6.45) is 2.75. The van der Waals surface area contributed by atoms with E-state index in [4.69, 9.17) is 18.0 Å². The van der Waals surface area contributed by atoms with Gasteiger partial charge in [-0.05, 0) is 26.6 Å². The Kier molecular flexibility index (Phi) is 5.94. The molecule has 0 saturated carbocycles. The first kappa shape index (κ1) is 14.8. The summed E-state index contributed by atoms with van der Waals surface area (Å²) < 4.78 is 0. The molecular weight excluding hydrogens is 246 g/mol. The Labute approximate surface area is 114 Å². The van der Waals surface area contributed by atoms with Crippen molar-refractivity contribution in [3.8, 4) is 0 Å². The molecule has 1 heterocycles. The van der Waals surface area contributed by atoms with Gasteiger partial charge >= 0.3 is 0 Å². The lowest BCUT2D eigenvalue weighted by Crippen LogP contribution is -2.34. The van der Waals surface area contributed by atoms with Gasteiger partial charge < -0.3 is 15.5 Å². The molecule has 0 bridgehead atoms. The van der Waals surface area contributed by atoms with Gasteiger partial charge in [-0.2, -0.15) is 0 Å². The Balaban J connectivity index is 2.83. The van der Waals surface area contributed by atoms with Gasteiger partial charge in [0.15, 0.2) is 0 Å². The molecule has 100 valence electrons. The lowest BCUT2D eigenvalue weighted by molar-refractivity contribution is 0.411. The van der Waals surface area contributed by atoms with E-state index in [1.165, 1.54) is 0 Å². The summed E-state index contributed by atoms with van der Waals surface area (Å²) >= 11 is 4.94. The maximum absolute atomic E-state index is 5.59.